The Morgan fingerprint density at radius 1 is 1.20 bits per heavy atom. The molecule has 1 N–H and O–H groups in total. The molecule has 184 valence electrons. The molecule has 1 fully saturated rings. The molecule has 0 aromatic heterocycles. The summed E-state index contributed by atoms with van der Waals surface area (Å²) in [6.07, 6.45) is 3.92. The standard InChI is InChI=1S/C27H30N2O5S/c1-6-8-20-13-18(14-22(34-7-2)25(20)33-5)15-23-26(31)29(27(32)35-23)16-24(30)28-21-11-9-19(10-12-21)17(3)4/h6,9-15,17H,1,7-8,16H2,2-5H3,(H,28,30)/b23-15+. The number of benzene rings is 2. The van der Waals surface area contributed by atoms with E-state index in [-0.39, 0.29) is 11.4 Å². The van der Waals surface area contributed by atoms with E-state index in [4.69, 9.17) is 9.47 Å². The number of allylic oxidation sites excluding steroid dienone is 1. The van der Waals surface area contributed by atoms with Gasteiger partial charge in [0.05, 0.1) is 18.6 Å². The molecule has 1 aliphatic rings. The summed E-state index contributed by atoms with van der Waals surface area (Å²) in [6.45, 7) is 9.91. The van der Waals surface area contributed by atoms with Gasteiger partial charge in [0.15, 0.2) is 11.5 Å². The number of hydrogen-bond acceptors (Lipinski definition) is 6. The van der Waals surface area contributed by atoms with E-state index in [1.807, 2.05) is 25.1 Å². The summed E-state index contributed by atoms with van der Waals surface area (Å²) in [5, 5.41) is 2.25. The maximum atomic E-state index is 12.9. The number of rotatable bonds is 10. The number of ether oxygens (including phenoxy) is 2. The minimum atomic E-state index is -0.510. The Hall–Kier alpha value is -3.52. The molecule has 1 heterocycles. The molecule has 0 spiro atoms. The molecular weight excluding hydrogens is 464 g/mol. The summed E-state index contributed by atoms with van der Waals surface area (Å²) in [5.41, 5.74) is 3.30. The number of amides is 3. The molecule has 0 atom stereocenters. The lowest BCUT2D eigenvalue weighted by molar-refractivity contribution is -0.127. The highest BCUT2D eigenvalue weighted by atomic mass is 32.2. The first kappa shape index (κ1) is 26.1. The van der Waals surface area contributed by atoms with Crippen LogP contribution in [0.1, 0.15) is 43.4 Å². The highest BCUT2D eigenvalue weighted by Crippen LogP contribution is 2.37. The second kappa shape index (κ2) is 11.8. The van der Waals surface area contributed by atoms with Crippen LogP contribution in [-0.2, 0) is 16.0 Å². The van der Waals surface area contributed by atoms with Crippen molar-refractivity contribution >= 4 is 40.6 Å². The number of carbonyl (C=O) groups excluding carboxylic acids is 3. The lowest BCUT2D eigenvalue weighted by Crippen LogP contribution is -2.36. The largest absolute Gasteiger partial charge is 0.493 e. The van der Waals surface area contributed by atoms with Gasteiger partial charge in [0.25, 0.3) is 11.1 Å². The molecule has 3 amide bonds. The molecule has 8 heteroatoms. The van der Waals surface area contributed by atoms with Crippen molar-refractivity contribution in [2.45, 2.75) is 33.1 Å². The summed E-state index contributed by atoms with van der Waals surface area (Å²) in [6, 6.07) is 11.1. The predicted molar refractivity (Wildman–Crippen MR) is 140 cm³/mol. The molecule has 2 aromatic rings. The Kier molecular flexibility index (Phi) is 8.76. The van der Waals surface area contributed by atoms with Gasteiger partial charge in [-0.25, -0.2) is 0 Å². The first-order valence-corrected chi connectivity index (χ1v) is 12.2. The lowest BCUT2D eigenvalue weighted by atomic mass is 10.0. The van der Waals surface area contributed by atoms with Gasteiger partial charge in [0, 0.05) is 11.3 Å². The minimum absolute atomic E-state index is 0.237. The molecule has 1 saturated heterocycles. The third kappa shape index (κ3) is 6.33. The molecule has 2 aromatic carbocycles. The molecule has 0 bridgehead atoms. The predicted octanol–water partition coefficient (Wildman–Crippen LogP) is 5.62. The van der Waals surface area contributed by atoms with Crippen LogP contribution in [0.2, 0.25) is 0 Å². The number of nitrogens with zero attached hydrogens (tertiary/aromatic N) is 1. The monoisotopic (exact) mass is 494 g/mol. The highest BCUT2D eigenvalue weighted by molar-refractivity contribution is 8.18. The Balaban J connectivity index is 1.77. The van der Waals surface area contributed by atoms with Crippen LogP contribution in [0.3, 0.4) is 0 Å². The van der Waals surface area contributed by atoms with Crippen LogP contribution >= 0.6 is 11.8 Å². The van der Waals surface area contributed by atoms with Gasteiger partial charge in [0.1, 0.15) is 6.54 Å². The highest BCUT2D eigenvalue weighted by Gasteiger charge is 2.36. The third-order valence-electron chi connectivity index (χ3n) is 5.36. The van der Waals surface area contributed by atoms with E-state index in [0.29, 0.717) is 41.7 Å². The van der Waals surface area contributed by atoms with E-state index in [0.717, 1.165) is 27.8 Å². The fraction of sp³-hybridized carbons (Fsp3) is 0.296. The second-order valence-electron chi connectivity index (χ2n) is 8.23. The van der Waals surface area contributed by atoms with Gasteiger partial charge in [-0.3, -0.25) is 19.3 Å². The molecule has 3 rings (SSSR count). The number of nitrogens with one attached hydrogen (secondary N) is 1. The Labute approximate surface area is 210 Å². The third-order valence-corrected chi connectivity index (χ3v) is 6.26. The van der Waals surface area contributed by atoms with E-state index >= 15 is 0 Å². The van der Waals surface area contributed by atoms with Crippen molar-refractivity contribution in [3.8, 4) is 11.5 Å². The van der Waals surface area contributed by atoms with Crippen LogP contribution in [0.15, 0.2) is 54.0 Å². The zero-order valence-corrected chi connectivity index (χ0v) is 21.2. The van der Waals surface area contributed by atoms with Crippen LogP contribution in [0.25, 0.3) is 6.08 Å². The topological polar surface area (TPSA) is 84.9 Å². The quantitative estimate of drug-likeness (QED) is 0.341. The van der Waals surface area contributed by atoms with Gasteiger partial charge < -0.3 is 14.8 Å². The van der Waals surface area contributed by atoms with Gasteiger partial charge >= 0.3 is 0 Å². The van der Waals surface area contributed by atoms with Crippen molar-refractivity contribution in [1.82, 2.24) is 4.90 Å². The molecular formula is C27H30N2O5S. The Morgan fingerprint density at radius 3 is 2.51 bits per heavy atom. The number of thioether (sulfide) groups is 1. The van der Waals surface area contributed by atoms with E-state index in [1.165, 1.54) is 0 Å². The van der Waals surface area contributed by atoms with E-state index in [2.05, 4.69) is 25.7 Å². The lowest BCUT2D eigenvalue weighted by Gasteiger charge is -2.15. The van der Waals surface area contributed by atoms with E-state index < -0.39 is 17.1 Å². The maximum absolute atomic E-state index is 12.9. The molecule has 0 unspecified atom stereocenters. The minimum Gasteiger partial charge on any atom is -0.493 e. The second-order valence-corrected chi connectivity index (χ2v) is 9.22. The van der Waals surface area contributed by atoms with Crippen molar-refractivity contribution in [3.05, 3.63) is 70.6 Å². The van der Waals surface area contributed by atoms with Crippen molar-refractivity contribution in [2.75, 3.05) is 25.6 Å². The molecule has 7 nitrogen and oxygen atoms in total. The average Bonchev–Trinajstić information content (AvgIpc) is 3.07. The van der Waals surface area contributed by atoms with E-state index in [1.54, 1.807) is 37.5 Å². The van der Waals surface area contributed by atoms with Crippen molar-refractivity contribution in [3.63, 3.8) is 0 Å². The zero-order chi connectivity index (χ0) is 25.5. The summed E-state index contributed by atoms with van der Waals surface area (Å²) >= 11 is 0.805. The van der Waals surface area contributed by atoms with Gasteiger partial charge in [-0.1, -0.05) is 32.1 Å². The summed E-state index contributed by atoms with van der Waals surface area (Å²) in [4.78, 5) is 39.2. The summed E-state index contributed by atoms with van der Waals surface area (Å²) in [7, 11) is 1.57. The van der Waals surface area contributed by atoms with Crippen molar-refractivity contribution < 1.29 is 23.9 Å². The van der Waals surface area contributed by atoms with Crippen LogP contribution in [-0.4, -0.2) is 42.2 Å². The number of methoxy groups -OCH3 is 1. The number of hydrogen-bond donors (Lipinski definition) is 1. The van der Waals surface area contributed by atoms with Gasteiger partial charge in [0.2, 0.25) is 5.91 Å². The van der Waals surface area contributed by atoms with Gasteiger partial charge in [-0.15, -0.1) is 6.58 Å². The molecule has 0 aliphatic carbocycles. The number of carbonyl (C=O) groups is 3. The normalized spacial score (nSPS) is 14.5. The Bertz CT molecular complexity index is 1150. The molecule has 0 radical (unpaired) electrons. The van der Waals surface area contributed by atoms with Crippen LogP contribution in [0, 0.1) is 0 Å². The van der Waals surface area contributed by atoms with Crippen molar-refractivity contribution in [1.29, 1.82) is 0 Å². The van der Waals surface area contributed by atoms with Gasteiger partial charge in [-0.2, -0.15) is 0 Å². The fourth-order valence-electron chi connectivity index (χ4n) is 3.65. The van der Waals surface area contributed by atoms with E-state index in [9.17, 15) is 14.4 Å². The first-order valence-electron chi connectivity index (χ1n) is 11.4. The first-order chi connectivity index (χ1) is 16.8. The summed E-state index contributed by atoms with van der Waals surface area (Å²) < 4.78 is 11.2. The average molecular weight is 495 g/mol. The van der Waals surface area contributed by atoms with Crippen molar-refractivity contribution in [2.24, 2.45) is 0 Å². The smallest absolute Gasteiger partial charge is 0.294 e. The SMILES string of the molecule is C=CCc1cc(/C=C2/SC(=O)N(CC(=O)Nc3ccc(C(C)C)cc3)C2=O)cc(OCC)c1OC. The maximum Gasteiger partial charge on any atom is 0.294 e. The fourth-order valence-corrected chi connectivity index (χ4v) is 4.49. The van der Waals surface area contributed by atoms with Crippen LogP contribution in [0.4, 0.5) is 10.5 Å². The van der Waals surface area contributed by atoms with Crippen LogP contribution < -0.4 is 14.8 Å². The molecule has 0 saturated carbocycles. The number of anilines is 1. The number of imide groups is 1. The zero-order valence-electron chi connectivity index (χ0n) is 20.4. The van der Waals surface area contributed by atoms with Gasteiger partial charge in [-0.05, 0) is 72.5 Å². The van der Waals surface area contributed by atoms with Crippen LogP contribution in [0.5, 0.6) is 11.5 Å². The molecule has 35 heavy (non-hydrogen) atoms. The Morgan fingerprint density at radius 2 is 1.91 bits per heavy atom. The molecule has 1 aliphatic heterocycles. The summed E-state index contributed by atoms with van der Waals surface area (Å²) in [5.74, 6) is 0.578.